The molecule has 0 spiro atoms. The minimum Gasteiger partial charge on any atom is -0.507 e. The van der Waals surface area contributed by atoms with Gasteiger partial charge in [0.2, 0.25) is 0 Å². The average Bonchev–Trinajstić information content (AvgIpc) is 3.67. The summed E-state index contributed by atoms with van der Waals surface area (Å²) in [5, 5.41) is 12.6. The van der Waals surface area contributed by atoms with Gasteiger partial charge in [0.1, 0.15) is 11.6 Å². The van der Waals surface area contributed by atoms with Gasteiger partial charge in [-0.05, 0) is 116 Å². The van der Waals surface area contributed by atoms with Crippen LogP contribution in [0.4, 0.5) is 0 Å². The highest BCUT2D eigenvalue weighted by atomic mass is 16.3. The predicted octanol–water partition coefficient (Wildman–Crippen LogP) is 16.0. The van der Waals surface area contributed by atoms with Crippen molar-refractivity contribution in [1.29, 1.82) is 0 Å². The zero-order valence-electron chi connectivity index (χ0n) is 47.6. The molecule has 0 saturated heterocycles. The Bertz CT molecular complexity index is 3460. The predicted molar refractivity (Wildman–Crippen MR) is 267 cm³/mol. The summed E-state index contributed by atoms with van der Waals surface area (Å²) in [6.45, 7) is 22.7. The van der Waals surface area contributed by atoms with Crippen molar-refractivity contribution in [3.05, 3.63) is 167 Å². The summed E-state index contributed by atoms with van der Waals surface area (Å²) in [6.07, 6.45) is -0.468. The van der Waals surface area contributed by atoms with Crippen molar-refractivity contribution >= 4 is 11.0 Å². The smallest absolute Gasteiger partial charge is 0.149 e. The average molecular weight is 839 g/mol. The van der Waals surface area contributed by atoms with Crippen molar-refractivity contribution in [3.63, 3.8) is 0 Å². The largest absolute Gasteiger partial charge is 0.507 e. The van der Waals surface area contributed by atoms with Gasteiger partial charge in [-0.1, -0.05) is 173 Å². The second-order valence-electron chi connectivity index (χ2n) is 20.8. The highest BCUT2D eigenvalue weighted by molar-refractivity contribution is 5.98. The summed E-state index contributed by atoms with van der Waals surface area (Å²) < 4.78 is 79.0. The Morgan fingerprint density at radius 1 is 0.556 bits per heavy atom. The van der Waals surface area contributed by atoms with Gasteiger partial charge in [0.05, 0.1) is 36.2 Å². The Morgan fingerprint density at radius 2 is 1.24 bits per heavy atom. The fourth-order valence-electron chi connectivity index (χ4n) is 8.09. The summed E-state index contributed by atoms with van der Waals surface area (Å²) in [5.74, 6) is 0.702. The number of hydrogen-bond donors (Lipinski definition) is 1. The molecule has 0 fully saturated rings. The van der Waals surface area contributed by atoms with Crippen LogP contribution in [0.3, 0.4) is 0 Å². The van der Waals surface area contributed by atoms with Crippen LogP contribution in [-0.2, 0) is 21.7 Å². The number of aromatic nitrogens is 3. The van der Waals surface area contributed by atoms with E-state index in [2.05, 4.69) is 141 Å². The molecule has 6 aromatic carbocycles. The Hall–Kier alpha value is -6.26. The maximum atomic E-state index is 12.6. The van der Waals surface area contributed by atoms with E-state index in [4.69, 9.17) is 17.3 Å². The Labute approximate surface area is 388 Å². The number of pyridine rings is 1. The Kier molecular flexibility index (Phi) is 8.37. The van der Waals surface area contributed by atoms with Gasteiger partial charge >= 0.3 is 0 Å². The third-order valence-electron chi connectivity index (χ3n) is 11.8. The summed E-state index contributed by atoms with van der Waals surface area (Å²) in [5.41, 5.74) is 8.76. The van der Waals surface area contributed by atoms with E-state index in [1.807, 2.05) is 48.5 Å². The lowest BCUT2D eigenvalue weighted by Crippen LogP contribution is -2.17. The fourth-order valence-corrected chi connectivity index (χ4v) is 8.09. The van der Waals surface area contributed by atoms with E-state index in [1.54, 1.807) is 0 Å². The molecule has 2 heterocycles. The molecule has 0 amide bonds. The van der Waals surface area contributed by atoms with Crippen LogP contribution in [0.1, 0.15) is 123 Å². The number of hydrogen-bond acceptors (Lipinski definition) is 3. The molecule has 0 atom stereocenters. The molecule has 0 aliphatic heterocycles. The second-order valence-corrected chi connectivity index (χ2v) is 20.8. The molecule has 8 aromatic rings. The quantitative estimate of drug-likeness (QED) is 0.181. The highest BCUT2D eigenvalue weighted by Crippen LogP contribution is 2.46. The molecule has 0 bridgehead atoms. The number of phenolic OH excluding ortho intramolecular Hbond substituents is 1. The van der Waals surface area contributed by atoms with Gasteiger partial charge in [0.25, 0.3) is 0 Å². The first-order valence-corrected chi connectivity index (χ1v) is 21.6. The number of fused-ring (bicyclic) bond motifs is 1. The van der Waals surface area contributed by atoms with Gasteiger partial charge in [-0.3, -0.25) is 9.55 Å². The molecule has 0 radical (unpaired) electrons. The lowest BCUT2D eigenvalue weighted by atomic mass is 9.79. The van der Waals surface area contributed by atoms with Crippen LogP contribution in [0.2, 0.25) is 0 Å². The second kappa shape index (κ2) is 15.8. The van der Waals surface area contributed by atoms with Gasteiger partial charge < -0.3 is 5.11 Å². The number of rotatable bonds is 6. The van der Waals surface area contributed by atoms with Crippen molar-refractivity contribution in [1.82, 2.24) is 14.5 Å². The summed E-state index contributed by atoms with van der Waals surface area (Å²) in [4.78, 5) is 10.2. The zero-order chi connectivity index (χ0) is 52.9. The van der Waals surface area contributed by atoms with E-state index < -0.39 is 59.6 Å². The van der Waals surface area contributed by atoms with E-state index in [9.17, 15) is 5.11 Å². The van der Waals surface area contributed by atoms with Crippen molar-refractivity contribution in [2.45, 2.75) is 112 Å². The Morgan fingerprint density at radius 3 is 1.92 bits per heavy atom. The molecule has 0 unspecified atom stereocenters. The first-order valence-electron chi connectivity index (χ1n) is 26.1. The molecule has 1 N–H and O–H groups in total. The topological polar surface area (TPSA) is 50.9 Å². The molecule has 63 heavy (non-hydrogen) atoms. The third-order valence-corrected chi connectivity index (χ3v) is 11.8. The molecular weight excluding hydrogens is 767 g/mol. The standard InChI is InChI=1S/C59H63N3O/c1-37-19-17-22-39(29-37)40-27-28-60-50(33-40)42-30-41(31-44(32-42)57(5,6)7)46-23-18-24-52-53(46)61-55(48-35-45(58(8,9)10)36-49(54(48)63)59(11,12)13)62(52)51-26-25-43(56(2,3)4)34-47(51)38-20-15-14-16-21-38/h14-36,63H,1-13H3/i1D3,17D,19D,22D,27D,28D,29D. The molecule has 0 aliphatic rings. The number of phenols is 1. The number of aromatic hydroxyl groups is 1. The third kappa shape index (κ3) is 8.61. The van der Waals surface area contributed by atoms with Gasteiger partial charge in [-0.2, -0.15) is 0 Å². The molecule has 0 saturated carbocycles. The molecule has 8 rings (SSSR count). The summed E-state index contributed by atoms with van der Waals surface area (Å²) in [6, 6.07) is 31.4. The van der Waals surface area contributed by atoms with E-state index in [-0.39, 0.29) is 33.4 Å². The van der Waals surface area contributed by atoms with Gasteiger partial charge in [-0.25, -0.2) is 4.98 Å². The maximum Gasteiger partial charge on any atom is 0.149 e. The monoisotopic (exact) mass is 839 g/mol. The lowest BCUT2D eigenvalue weighted by Gasteiger charge is -2.28. The molecular formula is C59H63N3O. The van der Waals surface area contributed by atoms with Crippen LogP contribution in [0.5, 0.6) is 5.75 Å². The van der Waals surface area contributed by atoms with Gasteiger partial charge in [0, 0.05) is 32.5 Å². The lowest BCUT2D eigenvalue weighted by molar-refractivity contribution is 0.446. The maximum absolute atomic E-state index is 12.6. The van der Waals surface area contributed by atoms with Crippen LogP contribution >= 0.6 is 0 Å². The van der Waals surface area contributed by atoms with Crippen LogP contribution in [-0.4, -0.2) is 19.6 Å². The van der Waals surface area contributed by atoms with Crippen molar-refractivity contribution in [2.75, 3.05) is 0 Å². The molecule has 4 nitrogen and oxygen atoms in total. The van der Waals surface area contributed by atoms with Gasteiger partial charge in [-0.15, -0.1) is 0 Å². The van der Waals surface area contributed by atoms with Gasteiger partial charge in [0.15, 0.2) is 0 Å². The molecule has 4 heteroatoms. The normalized spacial score (nSPS) is 14.8. The van der Waals surface area contributed by atoms with E-state index >= 15 is 0 Å². The van der Waals surface area contributed by atoms with E-state index in [1.165, 1.54) is 6.07 Å². The number of para-hydroxylation sites is 1. The first kappa shape index (κ1) is 33.3. The number of nitrogens with zero attached hydrogens (tertiary/aromatic N) is 3. The minimum atomic E-state index is -2.94. The molecule has 320 valence electrons. The van der Waals surface area contributed by atoms with E-state index in [0.717, 1.165) is 55.7 Å². The van der Waals surface area contributed by atoms with E-state index in [0.29, 0.717) is 22.5 Å². The van der Waals surface area contributed by atoms with Crippen molar-refractivity contribution in [3.8, 4) is 67.5 Å². The number of imidazole rings is 1. The van der Waals surface area contributed by atoms with Crippen LogP contribution in [0.15, 0.2) is 140 Å². The van der Waals surface area contributed by atoms with Crippen LogP contribution in [0, 0.1) is 6.85 Å². The molecule has 2 aromatic heterocycles. The Balaban J connectivity index is 1.47. The van der Waals surface area contributed by atoms with Crippen LogP contribution in [0.25, 0.3) is 72.7 Å². The highest BCUT2D eigenvalue weighted by Gasteiger charge is 2.30. The van der Waals surface area contributed by atoms with Crippen molar-refractivity contribution in [2.24, 2.45) is 0 Å². The summed E-state index contributed by atoms with van der Waals surface area (Å²) in [7, 11) is 0. The minimum absolute atomic E-state index is 0.106. The van der Waals surface area contributed by atoms with Crippen LogP contribution < -0.4 is 0 Å². The molecule has 0 aliphatic carbocycles. The van der Waals surface area contributed by atoms with Crippen molar-refractivity contribution < 1.29 is 17.4 Å². The summed E-state index contributed by atoms with van der Waals surface area (Å²) >= 11 is 0. The SMILES string of the molecule is [2H]c1nc(-c2cc(-c3cccc4c3nc(-c3cc(C(C)(C)C)cc(C(C)(C)C)c3O)n4-c3ccc(C(C)(C)C)cc3-c3ccccc3)cc(C(C)(C)C)c2)cc(-c2c([2H])c([2H])c([2H])c(C([2H])([2H])[2H])c2[2H])c1[2H]. The first-order chi connectivity index (χ1) is 33.3. The number of benzene rings is 6. The fraction of sp³-hybridized carbons (Fsp3) is 0.288. The zero-order valence-corrected chi connectivity index (χ0v) is 38.6.